The van der Waals surface area contributed by atoms with Crippen LogP contribution in [0.1, 0.15) is 12.5 Å². The van der Waals surface area contributed by atoms with E-state index in [-0.39, 0.29) is 5.60 Å². The molecule has 1 aromatic rings. The number of hydrogen-bond donors (Lipinski definition) is 0. The predicted molar refractivity (Wildman–Crippen MR) is 57.6 cm³/mol. The first-order valence-corrected chi connectivity index (χ1v) is 5.02. The van der Waals surface area contributed by atoms with E-state index in [0.717, 1.165) is 30.1 Å². The van der Waals surface area contributed by atoms with Crippen LogP contribution in [-0.4, -0.2) is 26.4 Å². The molecule has 3 heteroatoms. The van der Waals surface area contributed by atoms with Crippen molar-refractivity contribution in [1.82, 2.24) is 0 Å². The molecule has 0 aromatic heterocycles. The minimum atomic E-state index is -0.000352. The number of rotatable bonds is 4. The van der Waals surface area contributed by atoms with Crippen LogP contribution in [0.5, 0.6) is 11.5 Å². The Labute approximate surface area is 90.0 Å². The van der Waals surface area contributed by atoms with Crippen LogP contribution in [0.25, 0.3) is 0 Å². The zero-order valence-electron chi connectivity index (χ0n) is 9.37. The molecule has 82 valence electrons. The van der Waals surface area contributed by atoms with Gasteiger partial charge in [-0.25, -0.2) is 0 Å². The lowest BCUT2D eigenvalue weighted by atomic mass is 10.0. The second-order valence-electron chi connectivity index (χ2n) is 4.09. The first kappa shape index (κ1) is 10.3. The summed E-state index contributed by atoms with van der Waals surface area (Å²) in [6.45, 7) is 2.93. The Morgan fingerprint density at radius 3 is 2.60 bits per heavy atom. The predicted octanol–water partition coefficient (Wildman–Crippen LogP) is 2.04. The molecule has 0 amide bonds. The van der Waals surface area contributed by atoms with Gasteiger partial charge in [0.1, 0.15) is 11.5 Å². The first-order chi connectivity index (χ1) is 7.17. The van der Waals surface area contributed by atoms with Gasteiger partial charge in [0.25, 0.3) is 0 Å². The fourth-order valence-corrected chi connectivity index (χ4v) is 1.65. The van der Waals surface area contributed by atoms with E-state index < -0.39 is 0 Å². The monoisotopic (exact) mass is 208 g/mol. The summed E-state index contributed by atoms with van der Waals surface area (Å²) in [7, 11) is 3.35. The lowest BCUT2D eigenvalue weighted by molar-refractivity contribution is 0.317. The Balaban J connectivity index is 2.25. The zero-order valence-corrected chi connectivity index (χ0v) is 9.37. The first-order valence-electron chi connectivity index (χ1n) is 5.02. The van der Waals surface area contributed by atoms with Crippen molar-refractivity contribution in [3.05, 3.63) is 23.8 Å². The van der Waals surface area contributed by atoms with E-state index in [4.69, 9.17) is 14.2 Å². The maximum atomic E-state index is 5.38. The van der Waals surface area contributed by atoms with Gasteiger partial charge in [0.15, 0.2) is 0 Å². The van der Waals surface area contributed by atoms with Crippen molar-refractivity contribution >= 4 is 0 Å². The van der Waals surface area contributed by atoms with Gasteiger partial charge in [-0.3, -0.25) is 0 Å². The summed E-state index contributed by atoms with van der Waals surface area (Å²) in [5.74, 6) is 1.75. The summed E-state index contributed by atoms with van der Waals surface area (Å²) >= 11 is 0. The molecule has 1 aliphatic rings. The zero-order chi connectivity index (χ0) is 10.9. The molecule has 0 saturated carbocycles. The van der Waals surface area contributed by atoms with Crippen LogP contribution in [0, 0.1) is 0 Å². The second-order valence-corrected chi connectivity index (χ2v) is 4.09. The topological polar surface area (TPSA) is 31.0 Å². The fourth-order valence-electron chi connectivity index (χ4n) is 1.65. The highest BCUT2D eigenvalue weighted by molar-refractivity contribution is 5.41. The van der Waals surface area contributed by atoms with Crippen molar-refractivity contribution in [2.45, 2.75) is 18.9 Å². The van der Waals surface area contributed by atoms with Crippen molar-refractivity contribution in [2.75, 3.05) is 20.8 Å². The molecule has 1 saturated heterocycles. The van der Waals surface area contributed by atoms with Gasteiger partial charge in [-0.15, -0.1) is 0 Å². The normalized spacial score (nSPS) is 23.7. The molecule has 0 aliphatic carbocycles. The van der Waals surface area contributed by atoms with Gasteiger partial charge in [0.2, 0.25) is 0 Å². The van der Waals surface area contributed by atoms with Crippen LogP contribution in [-0.2, 0) is 11.2 Å². The lowest BCUT2D eigenvalue weighted by Crippen LogP contribution is -2.09. The Hall–Kier alpha value is -1.22. The standard InChI is InChI=1S/C12H16O3/c1-12(8-15-12)7-9-6-10(13-2)4-5-11(9)14-3/h4-6H,7-8H2,1-3H3. The fraction of sp³-hybridized carbons (Fsp3) is 0.500. The van der Waals surface area contributed by atoms with Gasteiger partial charge in [-0.2, -0.15) is 0 Å². The Bertz CT molecular complexity index is 356. The molecule has 1 atom stereocenters. The average Bonchev–Trinajstić information content (AvgIpc) is 2.96. The van der Waals surface area contributed by atoms with E-state index in [2.05, 4.69) is 6.92 Å². The summed E-state index contributed by atoms with van der Waals surface area (Å²) in [5, 5.41) is 0. The molecule has 3 nitrogen and oxygen atoms in total. The molecule has 1 aliphatic heterocycles. The second kappa shape index (κ2) is 3.74. The Morgan fingerprint density at radius 1 is 1.33 bits per heavy atom. The van der Waals surface area contributed by atoms with Crippen molar-refractivity contribution in [2.24, 2.45) is 0 Å². The van der Waals surface area contributed by atoms with Crippen LogP contribution >= 0.6 is 0 Å². The number of methoxy groups -OCH3 is 2. The van der Waals surface area contributed by atoms with Gasteiger partial charge in [-0.1, -0.05) is 0 Å². The van der Waals surface area contributed by atoms with Crippen LogP contribution in [0.4, 0.5) is 0 Å². The summed E-state index contributed by atoms with van der Waals surface area (Å²) < 4.78 is 15.9. The van der Waals surface area contributed by atoms with Gasteiger partial charge in [0.05, 0.1) is 26.4 Å². The molecular weight excluding hydrogens is 192 g/mol. The van der Waals surface area contributed by atoms with Crippen molar-refractivity contribution < 1.29 is 14.2 Å². The summed E-state index contributed by atoms with van der Waals surface area (Å²) in [6.07, 6.45) is 0.868. The summed E-state index contributed by atoms with van der Waals surface area (Å²) in [5.41, 5.74) is 1.14. The van der Waals surface area contributed by atoms with Crippen molar-refractivity contribution in [1.29, 1.82) is 0 Å². The van der Waals surface area contributed by atoms with Crippen LogP contribution in [0.3, 0.4) is 0 Å². The van der Waals surface area contributed by atoms with Gasteiger partial charge >= 0.3 is 0 Å². The van der Waals surface area contributed by atoms with E-state index in [1.807, 2.05) is 18.2 Å². The highest BCUT2D eigenvalue weighted by atomic mass is 16.6. The van der Waals surface area contributed by atoms with Gasteiger partial charge in [0, 0.05) is 12.0 Å². The minimum Gasteiger partial charge on any atom is -0.497 e. The molecule has 2 rings (SSSR count). The molecular formula is C12H16O3. The molecule has 1 unspecified atom stereocenters. The third-order valence-electron chi connectivity index (χ3n) is 2.69. The van der Waals surface area contributed by atoms with Crippen LogP contribution < -0.4 is 9.47 Å². The average molecular weight is 208 g/mol. The quantitative estimate of drug-likeness (QED) is 0.709. The summed E-state index contributed by atoms with van der Waals surface area (Å²) in [6, 6.07) is 5.84. The van der Waals surface area contributed by atoms with Crippen molar-refractivity contribution in [3.8, 4) is 11.5 Å². The molecule has 0 N–H and O–H groups in total. The Morgan fingerprint density at radius 2 is 2.07 bits per heavy atom. The molecule has 0 radical (unpaired) electrons. The number of hydrogen-bond acceptors (Lipinski definition) is 3. The van der Waals surface area contributed by atoms with E-state index in [1.165, 1.54) is 0 Å². The molecule has 0 bridgehead atoms. The van der Waals surface area contributed by atoms with E-state index in [0.29, 0.717) is 0 Å². The number of benzene rings is 1. The third kappa shape index (κ3) is 2.23. The SMILES string of the molecule is COc1ccc(OC)c(CC2(C)CO2)c1. The highest BCUT2D eigenvalue weighted by Gasteiger charge is 2.39. The maximum absolute atomic E-state index is 5.38. The number of ether oxygens (including phenoxy) is 3. The molecule has 1 aromatic carbocycles. The molecule has 0 spiro atoms. The van der Waals surface area contributed by atoms with Crippen LogP contribution in [0.2, 0.25) is 0 Å². The number of epoxide rings is 1. The van der Waals surface area contributed by atoms with E-state index in [1.54, 1.807) is 14.2 Å². The Kier molecular flexibility index (Phi) is 2.57. The minimum absolute atomic E-state index is 0.000352. The smallest absolute Gasteiger partial charge is 0.122 e. The van der Waals surface area contributed by atoms with Crippen molar-refractivity contribution in [3.63, 3.8) is 0 Å². The molecule has 1 fully saturated rings. The van der Waals surface area contributed by atoms with Crippen LogP contribution in [0.15, 0.2) is 18.2 Å². The summed E-state index contributed by atoms with van der Waals surface area (Å²) in [4.78, 5) is 0. The van der Waals surface area contributed by atoms with E-state index >= 15 is 0 Å². The molecule has 1 heterocycles. The van der Waals surface area contributed by atoms with Gasteiger partial charge in [-0.05, 0) is 25.1 Å². The van der Waals surface area contributed by atoms with Gasteiger partial charge < -0.3 is 14.2 Å². The van der Waals surface area contributed by atoms with E-state index in [9.17, 15) is 0 Å². The molecule has 15 heavy (non-hydrogen) atoms. The highest BCUT2D eigenvalue weighted by Crippen LogP contribution is 2.34. The largest absolute Gasteiger partial charge is 0.497 e. The maximum Gasteiger partial charge on any atom is 0.122 e. The lowest BCUT2D eigenvalue weighted by Gasteiger charge is -2.12. The third-order valence-corrected chi connectivity index (χ3v) is 2.69.